The molecule has 0 bridgehead atoms. The Hall–Kier alpha value is -3.57. The number of anilines is 1. The monoisotopic (exact) mass is 452 g/mol. The number of aryl methyl sites for hydroxylation is 1. The van der Waals surface area contributed by atoms with Crippen molar-refractivity contribution in [1.29, 1.82) is 0 Å². The number of fused-ring (bicyclic) bond motifs is 1. The fourth-order valence-electron chi connectivity index (χ4n) is 3.15. The third kappa shape index (κ3) is 5.18. The Bertz CT molecular complexity index is 1280. The van der Waals surface area contributed by atoms with Crippen LogP contribution in [0.15, 0.2) is 84.8 Å². The van der Waals surface area contributed by atoms with E-state index in [0.29, 0.717) is 28.1 Å². The molecule has 4 nitrogen and oxygen atoms in total. The summed E-state index contributed by atoms with van der Waals surface area (Å²) in [7, 11) is 1.69. The first-order chi connectivity index (χ1) is 15.4. The van der Waals surface area contributed by atoms with Crippen LogP contribution in [-0.2, 0) is 7.05 Å². The molecule has 0 aliphatic carbocycles. The Morgan fingerprint density at radius 3 is 2.28 bits per heavy atom. The van der Waals surface area contributed by atoms with Crippen molar-refractivity contribution in [3.05, 3.63) is 101 Å². The van der Waals surface area contributed by atoms with E-state index < -0.39 is 5.82 Å². The summed E-state index contributed by atoms with van der Waals surface area (Å²) >= 11 is 5.75. The quantitative estimate of drug-likeness (QED) is 0.264. The van der Waals surface area contributed by atoms with E-state index in [0.717, 1.165) is 10.9 Å². The summed E-state index contributed by atoms with van der Waals surface area (Å²) in [6, 6.07) is 16.8. The fraction of sp³-hybridized carbons (Fsp3) is 0.115. The van der Waals surface area contributed by atoms with Gasteiger partial charge in [0.2, 0.25) is 0 Å². The standard InChI is InChI=1S/C22H16ClFN2O2.C2H6.C2H4/c1-26-12-18(15-4-2-3-5-16(15)22(26)27)17-10-13(25)6-9-21(17)28-14-7-8-19(23)20(24)11-14;2*1-2/h2-12H,25H2,1H3;1-2H3;1-2H2. The summed E-state index contributed by atoms with van der Waals surface area (Å²) in [6.07, 6.45) is 1.74. The molecule has 0 aliphatic heterocycles. The van der Waals surface area contributed by atoms with E-state index in [4.69, 9.17) is 22.1 Å². The molecular formula is C26H26ClFN2O2. The Balaban J connectivity index is 0.000000860. The molecule has 0 saturated heterocycles. The van der Waals surface area contributed by atoms with Crippen molar-refractivity contribution >= 4 is 28.1 Å². The van der Waals surface area contributed by atoms with Crippen molar-refractivity contribution < 1.29 is 9.13 Å². The molecule has 0 unspecified atom stereocenters. The van der Waals surface area contributed by atoms with Gasteiger partial charge in [0, 0.05) is 41.5 Å². The first-order valence-electron chi connectivity index (χ1n) is 10.1. The lowest BCUT2D eigenvalue weighted by Gasteiger charge is -2.15. The SMILES string of the molecule is C=C.CC.Cn1cc(-c2cc(N)ccc2Oc2ccc(Cl)c(F)c2)c2ccccc2c1=O. The lowest BCUT2D eigenvalue weighted by Crippen LogP contribution is -2.16. The van der Waals surface area contributed by atoms with Gasteiger partial charge in [0.1, 0.15) is 17.3 Å². The zero-order valence-corrected chi connectivity index (χ0v) is 19.1. The number of hydrogen-bond donors (Lipinski definition) is 1. The van der Waals surface area contributed by atoms with Crippen LogP contribution in [-0.4, -0.2) is 4.57 Å². The number of hydrogen-bond acceptors (Lipinski definition) is 3. The van der Waals surface area contributed by atoms with E-state index in [1.54, 1.807) is 43.6 Å². The van der Waals surface area contributed by atoms with Gasteiger partial charge < -0.3 is 15.0 Å². The van der Waals surface area contributed by atoms with Crippen LogP contribution in [0.1, 0.15) is 13.8 Å². The Labute approximate surface area is 192 Å². The van der Waals surface area contributed by atoms with Gasteiger partial charge in [-0.1, -0.05) is 43.6 Å². The summed E-state index contributed by atoms with van der Waals surface area (Å²) in [4.78, 5) is 12.5. The molecule has 0 saturated carbocycles. The molecule has 0 atom stereocenters. The molecule has 6 heteroatoms. The van der Waals surface area contributed by atoms with Gasteiger partial charge in [0.25, 0.3) is 5.56 Å². The highest BCUT2D eigenvalue weighted by atomic mass is 35.5. The number of pyridine rings is 1. The van der Waals surface area contributed by atoms with Crippen LogP contribution >= 0.6 is 11.6 Å². The highest BCUT2D eigenvalue weighted by molar-refractivity contribution is 6.30. The number of rotatable bonds is 3. The van der Waals surface area contributed by atoms with Crippen molar-refractivity contribution in [3.63, 3.8) is 0 Å². The van der Waals surface area contributed by atoms with Crippen LogP contribution in [0.4, 0.5) is 10.1 Å². The Morgan fingerprint density at radius 1 is 0.969 bits per heavy atom. The predicted molar refractivity (Wildman–Crippen MR) is 133 cm³/mol. The molecule has 4 aromatic rings. The number of ether oxygens (including phenoxy) is 1. The second-order valence-corrected chi connectivity index (χ2v) is 6.85. The second-order valence-electron chi connectivity index (χ2n) is 6.44. The lowest BCUT2D eigenvalue weighted by atomic mass is 9.99. The zero-order valence-electron chi connectivity index (χ0n) is 18.4. The molecule has 1 heterocycles. The molecule has 0 fully saturated rings. The molecule has 3 aromatic carbocycles. The number of nitrogens with two attached hydrogens (primary N) is 1. The number of nitrogens with zero attached hydrogens (tertiary/aromatic N) is 1. The van der Waals surface area contributed by atoms with Crippen LogP contribution < -0.4 is 16.0 Å². The van der Waals surface area contributed by atoms with Crippen LogP contribution in [0.25, 0.3) is 21.9 Å². The van der Waals surface area contributed by atoms with Crippen molar-refractivity contribution in [3.8, 4) is 22.6 Å². The van der Waals surface area contributed by atoms with E-state index in [2.05, 4.69) is 13.2 Å². The van der Waals surface area contributed by atoms with Crippen LogP contribution in [0.3, 0.4) is 0 Å². The third-order valence-electron chi connectivity index (χ3n) is 4.50. The number of aromatic nitrogens is 1. The van der Waals surface area contributed by atoms with Crippen molar-refractivity contribution in [2.24, 2.45) is 7.05 Å². The largest absolute Gasteiger partial charge is 0.457 e. The predicted octanol–water partition coefficient (Wildman–Crippen LogP) is 7.20. The molecule has 4 rings (SSSR count). The summed E-state index contributed by atoms with van der Waals surface area (Å²) in [6.45, 7) is 10.0. The number of halogens is 2. The van der Waals surface area contributed by atoms with Crippen LogP contribution in [0.2, 0.25) is 5.02 Å². The van der Waals surface area contributed by atoms with E-state index >= 15 is 0 Å². The maximum atomic E-state index is 13.8. The number of nitrogen functional groups attached to an aromatic ring is 1. The van der Waals surface area contributed by atoms with Gasteiger partial charge in [-0.3, -0.25) is 4.79 Å². The molecule has 0 aliphatic rings. The smallest absolute Gasteiger partial charge is 0.258 e. The molecule has 0 radical (unpaired) electrons. The minimum Gasteiger partial charge on any atom is -0.457 e. The van der Waals surface area contributed by atoms with Crippen molar-refractivity contribution in [1.82, 2.24) is 4.57 Å². The first-order valence-corrected chi connectivity index (χ1v) is 10.4. The van der Waals surface area contributed by atoms with Gasteiger partial charge in [-0.15, -0.1) is 13.2 Å². The van der Waals surface area contributed by atoms with E-state index in [1.165, 1.54) is 16.7 Å². The molecule has 0 amide bonds. The third-order valence-corrected chi connectivity index (χ3v) is 4.81. The number of benzene rings is 3. The molecule has 32 heavy (non-hydrogen) atoms. The molecule has 166 valence electrons. The van der Waals surface area contributed by atoms with Crippen molar-refractivity contribution in [2.75, 3.05) is 5.73 Å². The van der Waals surface area contributed by atoms with Gasteiger partial charge >= 0.3 is 0 Å². The topological polar surface area (TPSA) is 57.2 Å². The van der Waals surface area contributed by atoms with Crippen LogP contribution in [0.5, 0.6) is 11.5 Å². The van der Waals surface area contributed by atoms with Gasteiger partial charge in [0.05, 0.1) is 5.02 Å². The Morgan fingerprint density at radius 2 is 1.62 bits per heavy atom. The van der Waals surface area contributed by atoms with E-state index in [1.807, 2.05) is 32.0 Å². The summed E-state index contributed by atoms with van der Waals surface area (Å²) in [5.41, 5.74) is 7.95. The average Bonchev–Trinajstić information content (AvgIpc) is 2.82. The highest BCUT2D eigenvalue weighted by Crippen LogP contribution is 2.38. The second kappa shape index (κ2) is 11.2. The average molecular weight is 453 g/mol. The molecule has 0 spiro atoms. The summed E-state index contributed by atoms with van der Waals surface area (Å²) < 4.78 is 21.3. The zero-order chi connectivity index (χ0) is 23.8. The summed E-state index contributed by atoms with van der Waals surface area (Å²) in [5, 5.41) is 1.39. The van der Waals surface area contributed by atoms with Gasteiger partial charge in [-0.2, -0.15) is 0 Å². The highest BCUT2D eigenvalue weighted by Gasteiger charge is 2.15. The van der Waals surface area contributed by atoms with E-state index in [-0.39, 0.29) is 10.6 Å². The minimum absolute atomic E-state index is 0.0222. The summed E-state index contributed by atoms with van der Waals surface area (Å²) in [5.74, 6) is 0.227. The van der Waals surface area contributed by atoms with Crippen molar-refractivity contribution in [2.45, 2.75) is 13.8 Å². The normalized spacial score (nSPS) is 9.91. The maximum Gasteiger partial charge on any atom is 0.258 e. The van der Waals surface area contributed by atoms with Crippen LogP contribution in [0, 0.1) is 5.82 Å². The fourth-order valence-corrected chi connectivity index (χ4v) is 3.26. The van der Waals surface area contributed by atoms with Gasteiger partial charge in [-0.05, 0) is 41.8 Å². The van der Waals surface area contributed by atoms with Gasteiger partial charge in [-0.25, -0.2) is 4.39 Å². The lowest BCUT2D eigenvalue weighted by molar-refractivity contribution is 0.478. The van der Waals surface area contributed by atoms with Gasteiger partial charge in [0.15, 0.2) is 0 Å². The molecular weight excluding hydrogens is 427 g/mol. The maximum absolute atomic E-state index is 13.8. The first kappa shape index (κ1) is 24.7. The minimum atomic E-state index is -0.566. The molecule has 2 N–H and O–H groups in total. The Kier molecular flexibility index (Phi) is 8.62. The molecule has 1 aromatic heterocycles. The van der Waals surface area contributed by atoms with E-state index in [9.17, 15) is 9.18 Å².